The second kappa shape index (κ2) is 7.93. The van der Waals surface area contributed by atoms with Crippen molar-refractivity contribution in [1.29, 1.82) is 0 Å². The van der Waals surface area contributed by atoms with E-state index in [9.17, 15) is 18.8 Å². The minimum absolute atomic E-state index is 0.0585. The highest BCUT2D eigenvalue weighted by Crippen LogP contribution is 2.45. The molecule has 0 atom stereocenters. The first kappa shape index (κ1) is 20.7. The Kier molecular flexibility index (Phi) is 5.48. The fraction of sp³-hybridized carbons (Fsp3) is 0.333. The summed E-state index contributed by atoms with van der Waals surface area (Å²) in [5.41, 5.74) is -0.504. The third kappa shape index (κ3) is 3.90. The Morgan fingerprint density at radius 1 is 1.13 bits per heavy atom. The Labute approximate surface area is 178 Å². The third-order valence-electron chi connectivity index (χ3n) is 4.54. The molecule has 8 nitrogen and oxygen atoms in total. The molecule has 1 aromatic carbocycles. The number of pyridine rings is 1. The van der Waals surface area contributed by atoms with E-state index in [0.717, 1.165) is 12.4 Å². The lowest BCUT2D eigenvalue weighted by atomic mass is 9.88. The number of carbonyl (C=O) groups excluding carboxylic acids is 1. The monoisotopic (exact) mass is 462 g/mol. The SMILES string of the molecule is O=C(N=c1c(Cl)cn(O)cc1Cl)c1ccc(OC(F)F)c2c1OCC1(COC1)CO2. The van der Waals surface area contributed by atoms with Crippen molar-refractivity contribution in [3.05, 3.63) is 45.5 Å². The standard InChI is InChI=1S/C18H14Cl2F2N2O6/c19-10-3-24(26)4-11(20)13(10)23-16(25)9-1-2-12(30-17(21)22)15-14(9)28-7-18(8-29-15)5-27-6-18/h1-4,17,26H,5-8H2. The van der Waals surface area contributed by atoms with Crippen LogP contribution in [0.1, 0.15) is 10.4 Å². The van der Waals surface area contributed by atoms with Gasteiger partial charge >= 0.3 is 6.61 Å². The number of aromatic nitrogens is 1. The van der Waals surface area contributed by atoms with Crippen molar-refractivity contribution in [2.75, 3.05) is 26.4 Å². The molecule has 4 rings (SSSR count). The van der Waals surface area contributed by atoms with E-state index in [1.165, 1.54) is 12.1 Å². The summed E-state index contributed by atoms with van der Waals surface area (Å²) in [5, 5.41) is 9.21. The summed E-state index contributed by atoms with van der Waals surface area (Å²) in [7, 11) is 0. The van der Waals surface area contributed by atoms with Crippen molar-refractivity contribution in [2.24, 2.45) is 10.4 Å². The van der Waals surface area contributed by atoms with Crippen molar-refractivity contribution in [3.63, 3.8) is 0 Å². The van der Waals surface area contributed by atoms with Crippen LogP contribution in [0.5, 0.6) is 17.2 Å². The van der Waals surface area contributed by atoms with Gasteiger partial charge in [0.2, 0.25) is 5.75 Å². The minimum Gasteiger partial charge on any atom is -0.488 e. The lowest BCUT2D eigenvalue weighted by Crippen LogP contribution is -2.50. The Morgan fingerprint density at radius 2 is 1.77 bits per heavy atom. The van der Waals surface area contributed by atoms with Crippen LogP contribution in [0.25, 0.3) is 0 Å². The summed E-state index contributed by atoms with van der Waals surface area (Å²) >= 11 is 12.0. The van der Waals surface area contributed by atoms with Gasteiger partial charge in [-0.3, -0.25) is 4.79 Å². The molecule has 0 bridgehead atoms. The number of hydrogen-bond donors (Lipinski definition) is 1. The molecule has 1 aromatic heterocycles. The first-order valence-corrected chi connectivity index (χ1v) is 9.34. The maximum Gasteiger partial charge on any atom is 0.387 e. The number of alkyl halides is 2. The lowest BCUT2D eigenvalue weighted by molar-refractivity contribution is -0.143. The average molecular weight is 463 g/mol. The molecule has 3 heterocycles. The van der Waals surface area contributed by atoms with Gasteiger partial charge in [0.15, 0.2) is 11.5 Å². The highest BCUT2D eigenvalue weighted by atomic mass is 35.5. The third-order valence-corrected chi connectivity index (χ3v) is 5.09. The van der Waals surface area contributed by atoms with Crippen LogP contribution >= 0.6 is 23.2 Å². The van der Waals surface area contributed by atoms with E-state index in [1.54, 1.807) is 0 Å². The molecule has 0 unspecified atom stereocenters. The molecule has 1 N–H and O–H groups in total. The Bertz CT molecular complexity index is 1050. The van der Waals surface area contributed by atoms with Gasteiger partial charge in [0.05, 0.1) is 46.6 Å². The summed E-state index contributed by atoms with van der Waals surface area (Å²) in [4.78, 5) is 16.8. The van der Waals surface area contributed by atoms with Crippen molar-refractivity contribution in [1.82, 2.24) is 4.73 Å². The van der Waals surface area contributed by atoms with Gasteiger partial charge in [0.1, 0.15) is 18.6 Å². The average Bonchev–Trinajstić information content (AvgIpc) is 2.85. The van der Waals surface area contributed by atoms with Crippen LogP contribution in [0.2, 0.25) is 10.0 Å². The van der Waals surface area contributed by atoms with Crippen LogP contribution in [-0.2, 0) is 4.74 Å². The lowest BCUT2D eigenvalue weighted by Gasteiger charge is -2.38. The van der Waals surface area contributed by atoms with Gasteiger partial charge in [0, 0.05) is 0 Å². The normalized spacial score (nSPS) is 16.7. The van der Waals surface area contributed by atoms with Crippen molar-refractivity contribution >= 4 is 29.1 Å². The summed E-state index contributed by atoms with van der Waals surface area (Å²) in [6.45, 7) is -2.07. The molecule has 1 saturated heterocycles. The number of hydrogen-bond acceptors (Lipinski definition) is 6. The van der Waals surface area contributed by atoms with Gasteiger partial charge in [-0.25, -0.2) is 4.99 Å². The number of nitrogens with zero attached hydrogens (tertiary/aromatic N) is 2. The topological polar surface area (TPSA) is 91.5 Å². The summed E-state index contributed by atoms with van der Waals surface area (Å²) in [6.07, 6.45) is 2.19. The van der Waals surface area contributed by atoms with E-state index in [0.29, 0.717) is 17.9 Å². The molecular formula is C18H14Cl2F2N2O6. The van der Waals surface area contributed by atoms with E-state index >= 15 is 0 Å². The first-order valence-electron chi connectivity index (χ1n) is 8.59. The molecule has 1 spiro atoms. The van der Waals surface area contributed by atoms with E-state index in [4.69, 9.17) is 37.4 Å². The maximum atomic E-state index is 12.9. The number of amides is 1. The maximum absolute atomic E-state index is 12.9. The quantitative estimate of drug-likeness (QED) is 0.704. The van der Waals surface area contributed by atoms with Crippen molar-refractivity contribution in [3.8, 4) is 17.2 Å². The molecule has 2 aliphatic heterocycles. The van der Waals surface area contributed by atoms with Gasteiger partial charge in [0.25, 0.3) is 5.91 Å². The summed E-state index contributed by atoms with van der Waals surface area (Å²) in [5.74, 6) is -1.28. The number of rotatable bonds is 3. The van der Waals surface area contributed by atoms with Crippen molar-refractivity contribution < 1.29 is 37.7 Å². The number of fused-ring (bicyclic) bond motifs is 1. The molecular weight excluding hydrogens is 449 g/mol. The van der Waals surface area contributed by atoms with E-state index in [1.807, 2.05) is 0 Å². The van der Waals surface area contributed by atoms with Crippen LogP contribution in [0, 0.1) is 5.41 Å². The largest absolute Gasteiger partial charge is 0.488 e. The van der Waals surface area contributed by atoms with Gasteiger partial charge < -0.3 is 24.2 Å². The van der Waals surface area contributed by atoms with E-state index in [2.05, 4.69) is 9.73 Å². The second-order valence-electron chi connectivity index (χ2n) is 6.82. The predicted molar refractivity (Wildman–Crippen MR) is 98.8 cm³/mol. The molecule has 2 aromatic rings. The second-order valence-corrected chi connectivity index (χ2v) is 7.63. The summed E-state index contributed by atoms with van der Waals surface area (Å²) < 4.78 is 47.4. The van der Waals surface area contributed by atoms with Crippen molar-refractivity contribution in [2.45, 2.75) is 6.61 Å². The zero-order valence-electron chi connectivity index (χ0n) is 15.1. The summed E-state index contributed by atoms with van der Waals surface area (Å²) in [6, 6.07) is 2.40. The molecule has 1 fully saturated rings. The zero-order chi connectivity index (χ0) is 21.5. The van der Waals surface area contributed by atoms with Gasteiger partial charge in [-0.05, 0) is 12.1 Å². The van der Waals surface area contributed by atoms with E-state index in [-0.39, 0.29) is 51.4 Å². The molecule has 1 amide bonds. The fourth-order valence-electron chi connectivity index (χ4n) is 3.01. The van der Waals surface area contributed by atoms with E-state index < -0.39 is 17.9 Å². The smallest absolute Gasteiger partial charge is 0.387 e. The van der Waals surface area contributed by atoms with Gasteiger partial charge in [-0.15, -0.1) is 0 Å². The minimum atomic E-state index is -3.10. The molecule has 0 radical (unpaired) electrons. The van der Waals surface area contributed by atoms with Crippen LogP contribution in [0.3, 0.4) is 0 Å². The zero-order valence-corrected chi connectivity index (χ0v) is 16.6. The number of halogens is 4. The van der Waals surface area contributed by atoms with Crippen LogP contribution < -0.4 is 19.6 Å². The molecule has 0 saturated carbocycles. The first-order chi connectivity index (χ1) is 14.3. The van der Waals surface area contributed by atoms with Crippen LogP contribution in [0.4, 0.5) is 8.78 Å². The Hall–Kier alpha value is -2.56. The Balaban J connectivity index is 1.78. The number of ether oxygens (including phenoxy) is 4. The Morgan fingerprint density at radius 3 is 2.33 bits per heavy atom. The van der Waals surface area contributed by atoms with Gasteiger partial charge in [-0.2, -0.15) is 13.5 Å². The molecule has 160 valence electrons. The molecule has 0 aliphatic carbocycles. The van der Waals surface area contributed by atoms with Crippen LogP contribution in [0.15, 0.2) is 29.5 Å². The number of benzene rings is 1. The number of carbonyl (C=O) groups is 1. The molecule has 12 heteroatoms. The molecule has 30 heavy (non-hydrogen) atoms. The fourth-order valence-corrected chi connectivity index (χ4v) is 3.54. The molecule has 2 aliphatic rings. The van der Waals surface area contributed by atoms with Crippen LogP contribution in [-0.4, -0.2) is 48.9 Å². The predicted octanol–water partition coefficient (Wildman–Crippen LogP) is 3.16. The highest BCUT2D eigenvalue weighted by molar-refractivity contribution is 6.34. The van der Waals surface area contributed by atoms with Gasteiger partial charge in [-0.1, -0.05) is 23.2 Å². The highest BCUT2D eigenvalue weighted by Gasteiger charge is 2.43.